The number of nitrogens with zero attached hydrogens (tertiary/aromatic N) is 2. The molecule has 0 aliphatic carbocycles. The molecule has 3 aromatic rings. The summed E-state index contributed by atoms with van der Waals surface area (Å²) in [5, 5.41) is 3.64. The van der Waals surface area contributed by atoms with Crippen LogP contribution in [0.3, 0.4) is 0 Å². The van der Waals surface area contributed by atoms with Crippen molar-refractivity contribution in [1.82, 2.24) is 10.2 Å². The number of rotatable bonds is 10. The fourth-order valence-corrected chi connectivity index (χ4v) is 6.13. The number of aryl methyl sites for hydroxylation is 1. The van der Waals surface area contributed by atoms with Gasteiger partial charge in [0.2, 0.25) is 11.8 Å². The maximum Gasteiger partial charge on any atom is 0.264 e. The highest BCUT2D eigenvalue weighted by Crippen LogP contribution is 2.30. The van der Waals surface area contributed by atoms with E-state index in [1.165, 1.54) is 30.1 Å². The molecule has 11 heteroatoms. The molecule has 1 atom stereocenters. The summed E-state index contributed by atoms with van der Waals surface area (Å²) >= 11 is 18.7. The van der Waals surface area contributed by atoms with Crippen LogP contribution in [0.5, 0.6) is 0 Å². The highest BCUT2D eigenvalue weighted by molar-refractivity contribution is 7.92. The first-order valence-electron chi connectivity index (χ1n) is 11.8. The minimum absolute atomic E-state index is 0.0119. The van der Waals surface area contributed by atoms with E-state index >= 15 is 0 Å². The quantitative estimate of drug-likeness (QED) is 0.325. The molecule has 202 valence electrons. The van der Waals surface area contributed by atoms with Gasteiger partial charge in [0, 0.05) is 28.7 Å². The molecule has 3 rings (SSSR count). The van der Waals surface area contributed by atoms with Crippen LogP contribution in [0.2, 0.25) is 15.1 Å². The fraction of sp³-hybridized carbons (Fsp3) is 0.259. The molecule has 0 aliphatic heterocycles. The number of amides is 2. The molecule has 38 heavy (non-hydrogen) atoms. The van der Waals surface area contributed by atoms with Crippen molar-refractivity contribution >= 4 is 62.3 Å². The summed E-state index contributed by atoms with van der Waals surface area (Å²) in [6, 6.07) is 16.6. The first-order chi connectivity index (χ1) is 18.0. The Morgan fingerprint density at radius 2 is 1.58 bits per heavy atom. The number of benzene rings is 3. The van der Waals surface area contributed by atoms with Crippen molar-refractivity contribution in [3.05, 3.63) is 92.9 Å². The largest absolute Gasteiger partial charge is 0.357 e. The predicted octanol–water partition coefficient (Wildman–Crippen LogP) is 5.70. The molecule has 0 bridgehead atoms. The Morgan fingerprint density at radius 3 is 2.18 bits per heavy atom. The van der Waals surface area contributed by atoms with E-state index in [4.69, 9.17) is 34.8 Å². The number of carbonyl (C=O) groups excluding carboxylic acids is 2. The summed E-state index contributed by atoms with van der Waals surface area (Å²) < 4.78 is 28.7. The van der Waals surface area contributed by atoms with Crippen molar-refractivity contribution in [2.24, 2.45) is 0 Å². The van der Waals surface area contributed by atoms with Crippen LogP contribution in [0.4, 0.5) is 5.69 Å². The van der Waals surface area contributed by atoms with Gasteiger partial charge in [-0.15, -0.1) is 0 Å². The normalized spacial score (nSPS) is 12.1. The number of nitrogens with one attached hydrogen (secondary N) is 1. The van der Waals surface area contributed by atoms with Crippen LogP contribution in [0.25, 0.3) is 0 Å². The highest BCUT2D eigenvalue weighted by Gasteiger charge is 2.34. The molecular formula is C27H28Cl3N3O4S. The second-order valence-corrected chi connectivity index (χ2v) is 11.7. The summed E-state index contributed by atoms with van der Waals surface area (Å²) in [6.07, 6.45) is 0.290. The van der Waals surface area contributed by atoms with Crippen LogP contribution in [0, 0.1) is 6.92 Å². The molecule has 0 radical (unpaired) electrons. The average molecular weight is 597 g/mol. The van der Waals surface area contributed by atoms with Crippen LogP contribution < -0.4 is 9.62 Å². The van der Waals surface area contributed by atoms with E-state index in [0.717, 1.165) is 4.31 Å². The van der Waals surface area contributed by atoms with E-state index in [-0.39, 0.29) is 29.5 Å². The first-order valence-corrected chi connectivity index (χ1v) is 14.4. The Balaban J connectivity index is 2.11. The molecule has 0 saturated heterocycles. The van der Waals surface area contributed by atoms with Gasteiger partial charge in [-0.2, -0.15) is 0 Å². The lowest BCUT2D eigenvalue weighted by Crippen LogP contribution is -2.51. The van der Waals surface area contributed by atoms with Gasteiger partial charge >= 0.3 is 0 Å². The van der Waals surface area contributed by atoms with Crippen molar-refractivity contribution < 1.29 is 18.0 Å². The van der Waals surface area contributed by atoms with Gasteiger partial charge in [0.25, 0.3) is 10.0 Å². The molecule has 0 saturated carbocycles. The molecule has 1 N–H and O–H groups in total. The third kappa shape index (κ3) is 6.80. The number of hydrogen-bond donors (Lipinski definition) is 1. The van der Waals surface area contributed by atoms with Crippen LogP contribution in [0.1, 0.15) is 24.5 Å². The molecule has 0 heterocycles. The SMILES string of the molecule is CC[C@@H](C(=O)NC)N(Cc1ccc(Cl)cc1Cl)C(=O)CN(c1cc(Cl)ccc1C)S(=O)(=O)c1ccccc1. The lowest BCUT2D eigenvalue weighted by atomic mass is 10.1. The van der Waals surface area contributed by atoms with Gasteiger partial charge in [-0.1, -0.05) is 72.1 Å². The topological polar surface area (TPSA) is 86.8 Å². The van der Waals surface area contributed by atoms with E-state index < -0.39 is 28.5 Å². The number of sulfonamides is 1. The summed E-state index contributed by atoms with van der Waals surface area (Å²) in [4.78, 5) is 28.1. The Morgan fingerprint density at radius 1 is 0.947 bits per heavy atom. The Kier molecular flexibility index (Phi) is 10.1. The smallest absolute Gasteiger partial charge is 0.264 e. The van der Waals surface area contributed by atoms with E-state index in [1.54, 1.807) is 62.4 Å². The minimum Gasteiger partial charge on any atom is -0.357 e. The Bertz CT molecular complexity index is 1420. The second kappa shape index (κ2) is 12.8. The van der Waals surface area contributed by atoms with Crippen molar-refractivity contribution in [3.63, 3.8) is 0 Å². The second-order valence-electron chi connectivity index (χ2n) is 8.55. The van der Waals surface area contributed by atoms with Crippen LogP contribution in [0.15, 0.2) is 71.6 Å². The monoisotopic (exact) mass is 595 g/mol. The molecule has 2 amide bonds. The highest BCUT2D eigenvalue weighted by atomic mass is 35.5. The summed E-state index contributed by atoms with van der Waals surface area (Å²) in [7, 11) is -2.71. The third-order valence-corrected chi connectivity index (χ3v) is 8.63. The molecule has 0 aliphatic rings. The molecule has 0 unspecified atom stereocenters. The van der Waals surface area contributed by atoms with Gasteiger partial charge in [-0.05, 0) is 60.9 Å². The standard InChI is InChI=1S/C27H28Cl3N3O4S/c1-4-24(27(35)31-3)32(16-19-11-13-20(28)14-23(19)30)26(34)17-33(25-15-21(29)12-10-18(25)2)38(36,37)22-8-6-5-7-9-22/h5-15,24H,4,16-17H2,1-3H3,(H,31,35)/t24-/m0/s1. The summed E-state index contributed by atoms with van der Waals surface area (Å²) in [5.41, 5.74) is 1.42. The maximum atomic E-state index is 13.9. The number of anilines is 1. The van der Waals surface area contributed by atoms with E-state index in [0.29, 0.717) is 26.2 Å². The number of likely N-dealkylation sites (N-methyl/N-ethyl adjacent to an activating group) is 1. The Hall–Kier alpha value is -2.78. The minimum atomic E-state index is -4.18. The van der Waals surface area contributed by atoms with Gasteiger partial charge in [0.05, 0.1) is 10.6 Å². The van der Waals surface area contributed by atoms with Crippen LogP contribution in [-0.2, 0) is 26.2 Å². The van der Waals surface area contributed by atoms with Crippen molar-refractivity contribution in [2.45, 2.75) is 37.8 Å². The van der Waals surface area contributed by atoms with Crippen molar-refractivity contribution in [1.29, 1.82) is 0 Å². The third-order valence-electron chi connectivity index (χ3n) is 6.04. The van der Waals surface area contributed by atoms with Gasteiger partial charge in [0.1, 0.15) is 12.6 Å². The number of halogens is 3. The Labute approximate surface area is 238 Å². The van der Waals surface area contributed by atoms with E-state index in [2.05, 4.69) is 5.32 Å². The zero-order chi connectivity index (χ0) is 28.0. The van der Waals surface area contributed by atoms with Gasteiger partial charge < -0.3 is 10.2 Å². The number of hydrogen-bond acceptors (Lipinski definition) is 4. The van der Waals surface area contributed by atoms with Crippen LogP contribution in [-0.4, -0.2) is 44.8 Å². The summed E-state index contributed by atoms with van der Waals surface area (Å²) in [5.74, 6) is -0.979. The zero-order valence-corrected chi connectivity index (χ0v) is 24.2. The predicted molar refractivity (Wildman–Crippen MR) is 152 cm³/mol. The molecule has 0 spiro atoms. The zero-order valence-electron chi connectivity index (χ0n) is 21.1. The molecule has 0 fully saturated rings. The lowest BCUT2D eigenvalue weighted by molar-refractivity contribution is -0.140. The molecule has 0 aromatic heterocycles. The average Bonchev–Trinajstić information content (AvgIpc) is 2.90. The maximum absolute atomic E-state index is 13.9. The lowest BCUT2D eigenvalue weighted by Gasteiger charge is -2.33. The van der Waals surface area contributed by atoms with Gasteiger partial charge in [-0.3, -0.25) is 13.9 Å². The van der Waals surface area contributed by atoms with Crippen LogP contribution >= 0.6 is 34.8 Å². The summed E-state index contributed by atoms with van der Waals surface area (Å²) in [6.45, 7) is 2.89. The molecular weight excluding hydrogens is 569 g/mol. The van der Waals surface area contributed by atoms with Crippen molar-refractivity contribution in [3.8, 4) is 0 Å². The molecule has 3 aromatic carbocycles. The molecule has 7 nitrogen and oxygen atoms in total. The number of carbonyl (C=O) groups is 2. The van der Waals surface area contributed by atoms with Gasteiger partial charge in [-0.25, -0.2) is 8.42 Å². The first kappa shape index (κ1) is 29.8. The van der Waals surface area contributed by atoms with Crippen molar-refractivity contribution in [2.75, 3.05) is 17.9 Å². The van der Waals surface area contributed by atoms with Gasteiger partial charge in [0.15, 0.2) is 0 Å². The fourth-order valence-electron chi connectivity index (χ4n) is 4.00. The van der Waals surface area contributed by atoms with E-state index in [9.17, 15) is 18.0 Å². The van der Waals surface area contributed by atoms with E-state index in [1.807, 2.05) is 0 Å².